The zero-order valence-electron chi connectivity index (χ0n) is 18.9. The number of likely N-dealkylation sites (tertiary alicyclic amines) is 1. The Bertz CT molecular complexity index is 1170. The number of amides is 2. The SMILES string of the molecule is Cc1nc(COc2ccccc2/C=C/C(=O)N2CCC(NC(=O)c3ccc(F)cc3)CC2)cs1. The maximum Gasteiger partial charge on any atom is 0.251 e. The number of piperidine rings is 1. The number of halogens is 1. The predicted octanol–water partition coefficient (Wildman–Crippen LogP) is 4.60. The van der Waals surface area contributed by atoms with Crippen LogP contribution in [0.3, 0.4) is 0 Å². The Hall–Kier alpha value is -3.52. The molecule has 0 atom stereocenters. The van der Waals surface area contributed by atoms with Gasteiger partial charge in [-0.2, -0.15) is 0 Å². The number of benzene rings is 2. The van der Waals surface area contributed by atoms with Crippen molar-refractivity contribution in [1.82, 2.24) is 15.2 Å². The maximum absolute atomic E-state index is 13.0. The smallest absolute Gasteiger partial charge is 0.251 e. The molecule has 1 saturated heterocycles. The van der Waals surface area contributed by atoms with Crippen LogP contribution in [0.4, 0.5) is 4.39 Å². The topological polar surface area (TPSA) is 71.5 Å². The van der Waals surface area contributed by atoms with Crippen molar-refractivity contribution in [3.8, 4) is 5.75 Å². The van der Waals surface area contributed by atoms with Gasteiger partial charge >= 0.3 is 0 Å². The third-order valence-corrected chi connectivity index (χ3v) is 6.44. The van der Waals surface area contributed by atoms with Gasteiger partial charge in [-0.3, -0.25) is 9.59 Å². The van der Waals surface area contributed by atoms with Crippen molar-refractivity contribution in [2.75, 3.05) is 13.1 Å². The molecule has 2 amide bonds. The van der Waals surface area contributed by atoms with Gasteiger partial charge in [-0.1, -0.05) is 18.2 Å². The summed E-state index contributed by atoms with van der Waals surface area (Å²) in [6.45, 7) is 3.44. The molecule has 1 N–H and O–H groups in total. The maximum atomic E-state index is 13.0. The summed E-state index contributed by atoms with van der Waals surface area (Å²) < 4.78 is 19.0. The third-order valence-electron chi connectivity index (χ3n) is 5.61. The molecule has 4 rings (SSSR count). The van der Waals surface area contributed by atoms with E-state index >= 15 is 0 Å². The molecule has 0 radical (unpaired) electrons. The van der Waals surface area contributed by atoms with Crippen LogP contribution in [0, 0.1) is 12.7 Å². The van der Waals surface area contributed by atoms with E-state index in [-0.39, 0.29) is 23.7 Å². The van der Waals surface area contributed by atoms with Gasteiger partial charge in [0.25, 0.3) is 5.91 Å². The van der Waals surface area contributed by atoms with E-state index in [1.165, 1.54) is 24.3 Å². The molecule has 1 aliphatic heterocycles. The molecule has 0 saturated carbocycles. The first kappa shape index (κ1) is 23.6. The number of ether oxygens (including phenoxy) is 1. The van der Waals surface area contributed by atoms with Gasteiger partial charge in [-0.15, -0.1) is 11.3 Å². The molecule has 34 heavy (non-hydrogen) atoms. The number of nitrogens with zero attached hydrogens (tertiary/aromatic N) is 2. The molecular weight excluding hydrogens is 453 g/mol. The molecule has 2 heterocycles. The van der Waals surface area contributed by atoms with Crippen molar-refractivity contribution in [1.29, 1.82) is 0 Å². The Morgan fingerprint density at radius 2 is 1.91 bits per heavy atom. The van der Waals surface area contributed by atoms with Gasteiger partial charge in [0.15, 0.2) is 0 Å². The molecule has 1 aromatic heterocycles. The highest BCUT2D eigenvalue weighted by Gasteiger charge is 2.23. The number of thiazole rings is 1. The number of aryl methyl sites for hydroxylation is 1. The van der Waals surface area contributed by atoms with Gasteiger partial charge in [0, 0.05) is 41.7 Å². The second kappa shape index (κ2) is 11.1. The Labute approximate surface area is 202 Å². The molecule has 176 valence electrons. The summed E-state index contributed by atoms with van der Waals surface area (Å²) in [5.41, 5.74) is 2.13. The van der Waals surface area contributed by atoms with Crippen LogP contribution in [0.15, 0.2) is 60.0 Å². The fraction of sp³-hybridized carbons (Fsp3) is 0.269. The zero-order chi connectivity index (χ0) is 23.9. The number of carbonyl (C=O) groups is 2. The molecule has 0 spiro atoms. The van der Waals surface area contributed by atoms with Crippen LogP contribution in [0.1, 0.15) is 39.5 Å². The number of aromatic nitrogens is 1. The van der Waals surface area contributed by atoms with Gasteiger partial charge < -0.3 is 15.0 Å². The van der Waals surface area contributed by atoms with Crippen molar-refractivity contribution in [2.45, 2.75) is 32.4 Å². The Balaban J connectivity index is 1.28. The zero-order valence-corrected chi connectivity index (χ0v) is 19.7. The van der Waals surface area contributed by atoms with Crippen molar-refractivity contribution < 1.29 is 18.7 Å². The quantitative estimate of drug-likeness (QED) is 0.503. The summed E-state index contributed by atoms with van der Waals surface area (Å²) in [6, 6.07) is 13.0. The van der Waals surface area contributed by atoms with Crippen LogP contribution in [0.25, 0.3) is 6.08 Å². The number of rotatable bonds is 7. The van der Waals surface area contributed by atoms with Crippen molar-refractivity contribution in [2.24, 2.45) is 0 Å². The fourth-order valence-corrected chi connectivity index (χ4v) is 4.35. The molecule has 0 aliphatic carbocycles. The largest absolute Gasteiger partial charge is 0.487 e. The summed E-state index contributed by atoms with van der Waals surface area (Å²) in [5, 5.41) is 5.94. The molecule has 2 aromatic carbocycles. The first-order valence-electron chi connectivity index (χ1n) is 11.1. The third kappa shape index (κ3) is 6.29. The minimum absolute atomic E-state index is 0.0194. The Morgan fingerprint density at radius 3 is 2.62 bits per heavy atom. The van der Waals surface area contributed by atoms with E-state index in [1.807, 2.05) is 36.6 Å². The molecule has 0 bridgehead atoms. The summed E-state index contributed by atoms with van der Waals surface area (Å²) in [6.07, 6.45) is 4.66. The van der Waals surface area contributed by atoms with Gasteiger partial charge in [-0.25, -0.2) is 9.37 Å². The first-order valence-corrected chi connectivity index (χ1v) is 12.0. The van der Waals surface area contributed by atoms with Gasteiger partial charge in [0.2, 0.25) is 5.91 Å². The average molecular weight is 480 g/mol. The van der Waals surface area contributed by atoms with Crippen LogP contribution in [-0.2, 0) is 11.4 Å². The fourth-order valence-electron chi connectivity index (χ4n) is 3.76. The second-order valence-corrected chi connectivity index (χ2v) is 9.16. The normalized spacial score (nSPS) is 14.4. The van der Waals surface area contributed by atoms with Crippen LogP contribution < -0.4 is 10.1 Å². The van der Waals surface area contributed by atoms with E-state index in [0.29, 0.717) is 43.9 Å². The summed E-state index contributed by atoms with van der Waals surface area (Å²) in [7, 11) is 0. The molecule has 1 aliphatic rings. The number of hydrogen-bond acceptors (Lipinski definition) is 5. The molecule has 0 unspecified atom stereocenters. The van der Waals surface area contributed by atoms with Crippen LogP contribution in [0.2, 0.25) is 0 Å². The van der Waals surface area contributed by atoms with Crippen molar-refractivity contribution in [3.05, 3.63) is 87.6 Å². The van der Waals surface area contributed by atoms with Gasteiger partial charge in [0.1, 0.15) is 18.2 Å². The van der Waals surface area contributed by atoms with E-state index in [4.69, 9.17) is 4.74 Å². The highest BCUT2D eigenvalue weighted by molar-refractivity contribution is 7.09. The lowest BCUT2D eigenvalue weighted by Gasteiger charge is -2.31. The van der Waals surface area contributed by atoms with Gasteiger partial charge in [-0.05, 0) is 56.2 Å². The Morgan fingerprint density at radius 1 is 1.18 bits per heavy atom. The van der Waals surface area contributed by atoms with Crippen molar-refractivity contribution in [3.63, 3.8) is 0 Å². The van der Waals surface area contributed by atoms with E-state index in [9.17, 15) is 14.0 Å². The molecular formula is C26H26FN3O3S. The number of carbonyl (C=O) groups excluding carboxylic acids is 2. The lowest BCUT2D eigenvalue weighted by atomic mass is 10.0. The average Bonchev–Trinajstić information content (AvgIpc) is 3.27. The molecule has 8 heteroatoms. The Kier molecular flexibility index (Phi) is 7.69. The highest BCUT2D eigenvalue weighted by Crippen LogP contribution is 2.22. The predicted molar refractivity (Wildman–Crippen MR) is 130 cm³/mol. The van der Waals surface area contributed by atoms with E-state index in [0.717, 1.165) is 16.3 Å². The van der Waals surface area contributed by atoms with Gasteiger partial charge in [0.05, 0.1) is 10.7 Å². The van der Waals surface area contributed by atoms with E-state index in [1.54, 1.807) is 28.4 Å². The lowest BCUT2D eigenvalue weighted by molar-refractivity contribution is -0.126. The van der Waals surface area contributed by atoms with Crippen LogP contribution >= 0.6 is 11.3 Å². The number of hydrogen-bond donors (Lipinski definition) is 1. The second-order valence-electron chi connectivity index (χ2n) is 8.10. The van der Waals surface area contributed by atoms with Crippen LogP contribution in [0.5, 0.6) is 5.75 Å². The summed E-state index contributed by atoms with van der Waals surface area (Å²) in [5.74, 6) is 0.0157. The molecule has 6 nitrogen and oxygen atoms in total. The number of nitrogens with one attached hydrogen (secondary N) is 1. The minimum atomic E-state index is -0.375. The highest BCUT2D eigenvalue weighted by atomic mass is 32.1. The minimum Gasteiger partial charge on any atom is -0.487 e. The molecule has 1 fully saturated rings. The first-order chi connectivity index (χ1) is 16.5. The van der Waals surface area contributed by atoms with E-state index in [2.05, 4.69) is 10.3 Å². The van der Waals surface area contributed by atoms with E-state index < -0.39 is 0 Å². The van der Waals surface area contributed by atoms with Crippen LogP contribution in [-0.4, -0.2) is 40.8 Å². The number of para-hydroxylation sites is 1. The summed E-state index contributed by atoms with van der Waals surface area (Å²) in [4.78, 5) is 31.2. The molecule has 3 aromatic rings. The summed E-state index contributed by atoms with van der Waals surface area (Å²) >= 11 is 1.58. The standard InChI is InChI=1S/C26H26FN3O3S/c1-18-28-23(17-34-18)16-33-24-5-3-2-4-19(24)8-11-25(31)30-14-12-22(13-15-30)29-26(32)20-6-9-21(27)10-7-20/h2-11,17,22H,12-16H2,1H3,(H,29,32)/b11-8+. The lowest BCUT2D eigenvalue weighted by Crippen LogP contribution is -2.46. The van der Waals surface area contributed by atoms with Crippen molar-refractivity contribution >= 4 is 29.2 Å². The monoisotopic (exact) mass is 479 g/mol.